The molecule has 64 valence electrons. The summed E-state index contributed by atoms with van der Waals surface area (Å²) in [7, 11) is 0. The number of hydrogen-bond donors (Lipinski definition) is 1. The molecule has 0 aromatic carbocycles. The largest absolute Gasteiger partial charge is 0.366 e. The van der Waals surface area contributed by atoms with Crippen molar-refractivity contribution in [3.63, 3.8) is 0 Å². The van der Waals surface area contributed by atoms with Gasteiger partial charge in [0.15, 0.2) is 0 Å². The number of fused-ring (bicyclic) bond motifs is 1. The van der Waals surface area contributed by atoms with Crippen molar-refractivity contribution < 1.29 is 4.79 Å². The van der Waals surface area contributed by atoms with E-state index in [4.69, 9.17) is 5.73 Å². The normalized spacial score (nSPS) is 10.2. The fraction of sp³-hybridized carbons (Fsp3) is 0. The molecule has 2 aromatic rings. The van der Waals surface area contributed by atoms with Crippen LogP contribution in [0.1, 0.15) is 10.4 Å². The summed E-state index contributed by atoms with van der Waals surface area (Å²) in [5.41, 5.74) is 6.28. The van der Waals surface area contributed by atoms with Crippen molar-refractivity contribution in [2.24, 2.45) is 5.73 Å². The Hall–Kier alpha value is -1.97. The van der Waals surface area contributed by atoms with E-state index in [-0.39, 0.29) is 0 Å². The van der Waals surface area contributed by atoms with Crippen LogP contribution in [0.25, 0.3) is 10.9 Å². The lowest BCUT2D eigenvalue weighted by molar-refractivity contribution is 0.1000. The summed E-state index contributed by atoms with van der Waals surface area (Å²) in [6.07, 6.45) is 4.74. The number of carbonyl (C=O) groups excluding carboxylic acids is 1. The zero-order valence-corrected chi connectivity index (χ0v) is 6.77. The minimum Gasteiger partial charge on any atom is -0.366 e. The molecule has 0 spiro atoms. The molecule has 0 fully saturated rings. The summed E-state index contributed by atoms with van der Waals surface area (Å²) in [4.78, 5) is 18.8. The Kier molecular flexibility index (Phi) is 1.66. The van der Waals surface area contributed by atoms with Gasteiger partial charge in [0.1, 0.15) is 0 Å². The van der Waals surface area contributed by atoms with Gasteiger partial charge in [0.05, 0.1) is 17.3 Å². The number of nitrogens with two attached hydrogens (primary N) is 1. The van der Waals surface area contributed by atoms with Crippen molar-refractivity contribution in [1.29, 1.82) is 0 Å². The van der Waals surface area contributed by atoms with Gasteiger partial charge in [-0.1, -0.05) is 0 Å². The second kappa shape index (κ2) is 2.82. The summed E-state index contributed by atoms with van der Waals surface area (Å²) in [5, 5.41) is 0.867. The maximum atomic E-state index is 10.8. The third-order valence-corrected chi connectivity index (χ3v) is 1.77. The first kappa shape index (κ1) is 7.67. The molecule has 1 amide bonds. The predicted octanol–water partition coefficient (Wildman–Crippen LogP) is 0.729. The van der Waals surface area contributed by atoms with Crippen LogP contribution in [0.15, 0.2) is 30.7 Å². The molecule has 0 atom stereocenters. The van der Waals surface area contributed by atoms with Crippen LogP contribution in [-0.4, -0.2) is 15.9 Å². The number of nitrogens with zero attached hydrogens (tertiary/aromatic N) is 2. The topological polar surface area (TPSA) is 68.9 Å². The number of amides is 1. The van der Waals surface area contributed by atoms with Crippen molar-refractivity contribution in [3.05, 3.63) is 36.3 Å². The Bertz CT molecular complexity index is 467. The molecule has 13 heavy (non-hydrogen) atoms. The summed E-state index contributed by atoms with van der Waals surface area (Å²) in [6.45, 7) is 0. The van der Waals surface area contributed by atoms with Crippen LogP contribution in [0.4, 0.5) is 0 Å². The van der Waals surface area contributed by atoms with Gasteiger partial charge >= 0.3 is 0 Å². The highest BCUT2D eigenvalue weighted by atomic mass is 16.1. The second-order valence-electron chi connectivity index (χ2n) is 2.66. The number of hydrogen-bond acceptors (Lipinski definition) is 3. The van der Waals surface area contributed by atoms with Gasteiger partial charge in [0, 0.05) is 17.8 Å². The van der Waals surface area contributed by atoms with Crippen LogP contribution in [0.2, 0.25) is 0 Å². The van der Waals surface area contributed by atoms with E-state index in [9.17, 15) is 4.79 Å². The maximum absolute atomic E-state index is 10.8. The highest BCUT2D eigenvalue weighted by Gasteiger charge is 2.01. The highest BCUT2D eigenvalue weighted by molar-refractivity contribution is 5.95. The van der Waals surface area contributed by atoms with Gasteiger partial charge in [-0.25, -0.2) is 0 Å². The van der Waals surface area contributed by atoms with E-state index in [0.717, 1.165) is 10.9 Å². The van der Waals surface area contributed by atoms with Crippen LogP contribution in [0.3, 0.4) is 0 Å². The summed E-state index contributed by atoms with van der Waals surface area (Å²) >= 11 is 0. The number of aromatic nitrogens is 2. The monoisotopic (exact) mass is 173 g/mol. The Morgan fingerprint density at radius 3 is 3.00 bits per heavy atom. The number of rotatable bonds is 1. The maximum Gasteiger partial charge on any atom is 0.250 e. The van der Waals surface area contributed by atoms with E-state index in [0.29, 0.717) is 5.56 Å². The average Bonchev–Trinajstić information content (AvgIpc) is 2.17. The Balaban J connectivity index is 2.69. The van der Waals surface area contributed by atoms with Crippen molar-refractivity contribution >= 4 is 16.8 Å². The van der Waals surface area contributed by atoms with Crippen LogP contribution in [0.5, 0.6) is 0 Å². The molecule has 0 aliphatic rings. The molecule has 0 radical (unpaired) electrons. The number of pyridine rings is 2. The van der Waals surface area contributed by atoms with Gasteiger partial charge in [0.2, 0.25) is 5.91 Å². The third kappa shape index (κ3) is 1.33. The summed E-state index contributed by atoms with van der Waals surface area (Å²) in [5.74, 6) is -0.466. The lowest BCUT2D eigenvalue weighted by Gasteiger charge is -1.97. The average molecular weight is 173 g/mol. The number of carbonyl (C=O) groups is 1. The smallest absolute Gasteiger partial charge is 0.250 e. The Morgan fingerprint density at radius 1 is 1.38 bits per heavy atom. The second-order valence-corrected chi connectivity index (χ2v) is 2.66. The zero-order valence-electron chi connectivity index (χ0n) is 6.77. The van der Waals surface area contributed by atoms with Gasteiger partial charge in [0.25, 0.3) is 0 Å². The lowest BCUT2D eigenvalue weighted by Crippen LogP contribution is -2.10. The molecule has 4 heteroatoms. The van der Waals surface area contributed by atoms with Crippen molar-refractivity contribution in [2.45, 2.75) is 0 Å². The lowest BCUT2D eigenvalue weighted by atomic mass is 10.2. The first-order valence-corrected chi connectivity index (χ1v) is 3.77. The van der Waals surface area contributed by atoms with Gasteiger partial charge in [-0.05, 0) is 12.1 Å². The van der Waals surface area contributed by atoms with E-state index < -0.39 is 5.91 Å². The molecule has 0 unspecified atom stereocenters. The van der Waals surface area contributed by atoms with Crippen molar-refractivity contribution in [2.75, 3.05) is 0 Å². The fourth-order valence-electron chi connectivity index (χ4n) is 1.11. The predicted molar refractivity (Wildman–Crippen MR) is 48.1 cm³/mol. The van der Waals surface area contributed by atoms with Crippen LogP contribution < -0.4 is 5.73 Å². The quantitative estimate of drug-likeness (QED) is 0.691. The molecule has 2 aromatic heterocycles. The molecule has 0 bridgehead atoms. The third-order valence-electron chi connectivity index (χ3n) is 1.77. The molecule has 2 N–H and O–H groups in total. The molecule has 4 nitrogen and oxygen atoms in total. The molecular formula is C9H7N3O. The van der Waals surface area contributed by atoms with E-state index in [1.54, 1.807) is 24.5 Å². The molecule has 0 aliphatic heterocycles. The minimum atomic E-state index is -0.466. The van der Waals surface area contributed by atoms with Crippen LogP contribution >= 0.6 is 0 Å². The van der Waals surface area contributed by atoms with Crippen molar-refractivity contribution in [3.8, 4) is 0 Å². The van der Waals surface area contributed by atoms with Gasteiger partial charge < -0.3 is 5.73 Å². The number of primary amides is 1. The molecular weight excluding hydrogens is 166 g/mol. The SMILES string of the molecule is NC(=O)c1cnc2cnccc2c1. The van der Waals surface area contributed by atoms with E-state index >= 15 is 0 Å². The zero-order chi connectivity index (χ0) is 9.26. The molecule has 0 saturated heterocycles. The fourth-order valence-corrected chi connectivity index (χ4v) is 1.11. The van der Waals surface area contributed by atoms with Crippen molar-refractivity contribution in [1.82, 2.24) is 9.97 Å². The van der Waals surface area contributed by atoms with Crippen LogP contribution in [0, 0.1) is 0 Å². The van der Waals surface area contributed by atoms with E-state index in [2.05, 4.69) is 9.97 Å². The summed E-state index contributed by atoms with van der Waals surface area (Å²) in [6, 6.07) is 3.49. The molecule has 2 heterocycles. The van der Waals surface area contributed by atoms with Gasteiger partial charge in [-0.2, -0.15) is 0 Å². The Labute approximate surface area is 74.4 Å². The van der Waals surface area contributed by atoms with E-state index in [1.807, 2.05) is 0 Å². The van der Waals surface area contributed by atoms with Gasteiger partial charge in [-0.3, -0.25) is 14.8 Å². The minimum absolute atomic E-state index is 0.415. The summed E-state index contributed by atoms with van der Waals surface area (Å²) < 4.78 is 0. The Morgan fingerprint density at radius 2 is 2.23 bits per heavy atom. The molecule has 2 rings (SSSR count). The van der Waals surface area contributed by atoms with Crippen LogP contribution in [-0.2, 0) is 0 Å². The standard InChI is InChI=1S/C9H7N3O/c10-9(13)7-3-6-1-2-11-5-8(6)12-4-7/h1-5H,(H2,10,13). The first-order valence-electron chi connectivity index (χ1n) is 3.77. The first-order chi connectivity index (χ1) is 6.27. The van der Waals surface area contributed by atoms with Gasteiger partial charge in [-0.15, -0.1) is 0 Å². The molecule has 0 aliphatic carbocycles. The highest BCUT2D eigenvalue weighted by Crippen LogP contribution is 2.10. The molecule has 0 saturated carbocycles. The van der Waals surface area contributed by atoms with E-state index in [1.165, 1.54) is 6.20 Å².